The summed E-state index contributed by atoms with van der Waals surface area (Å²) in [6, 6.07) is 16.3. The summed E-state index contributed by atoms with van der Waals surface area (Å²) < 4.78 is 11.7. The maximum absolute atomic E-state index is 6.15. The fourth-order valence-corrected chi connectivity index (χ4v) is 3.41. The van der Waals surface area contributed by atoms with Crippen molar-refractivity contribution in [3.05, 3.63) is 59.7 Å². The molecule has 0 aliphatic carbocycles. The third-order valence-electron chi connectivity index (χ3n) is 5.20. The number of para-hydroxylation sites is 1. The number of hydrogen-bond donors (Lipinski definition) is 0. The van der Waals surface area contributed by atoms with E-state index in [1.165, 1.54) is 31.7 Å². The maximum Gasteiger partial charge on any atom is 0.168 e. The Bertz CT molecular complexity index is 738. The summed E-state index contributed by atoms with van der Waals surface area (Å²) in [5.41, 5.74) is 2.21. The Morgan fingerprint density at radius 1 is 0.893 bits per heavy atom. The standard InChI is InChI=1S/C24H32N2O2/c1-25-16-18-26(19-17-25)15-6-7-20-28-24-22(11-8-12-23(24)27-2)14-13-21-9-4-3-5-10-21/h3-5,8-14H,6-7,15-20H2,1-2H3/b14-13+. The molecule has 1 saturated heterocycles. The van der Waals surface area contributed by atoms with E-state index in [4.69, 9.17) is 9.47 Å². The number of unbranched alkanes of at least 4 members (excludes halogenated alkanes) is 1. The number of likely N-dealkylation sites (N-methyl/N-ethyl adjacent to an activating group) is 1. The molecule has 0 bridgehead atoms. The third kappa shape index (κ3) is 6.11. The van der Waals surface area contributed by atoms with Crippen LogP contribution in [0.1, 0.15) is 24.0 Å². The van der Waals surface area contributed by atoms with Gasteiger partial charge in [0, 0.05) is 31.7 Å². The van der Waals surface area contributed by atoms with Gasteiger partial charge in [-0.25, -0.2) is 0 Å². The average molecular weight is 381 g/mol. The predicted octanol–water partition coefficient (Wildman–Crippen LogP) is 4.27. The molecule has 0 aromatic heterocycles. The summed E-state index contributed by atoms with van der Waals surface area (Å²) in [6.07, 6.45) is 6.41. The molecule has 0 unspecified atom stereocenters. The molecule has 1 aliphatic heterocycles. The van der Waals surface area contributed by atoms with Crippen molar-refractivity contribution in [3.63, 3.8) is 0 Å². The van der Waals surface area contributed by atoms with Gasteiger partial charge in [0.1, 0.15) is 0 Å². The molecule has 0 atom stereocenters. The van der Waals surface area contributed by atoms with Crippen LogP contribution >= 0.6 is 0 Å². The van der Waals surface area contributed by atoms with Crippen LogP contribution in [0.2, 0.25) is 0 Å². The molecule has 0 amide bonds. The quantitative estimate of drug-likeness (QED) is 0.479. The first-order chi connectivity index (χ1) is 13.8. The molecule has 2 aromatic rings. The van der Waals surface area contributed by atoms with Crippen molar-refractivity contribution >= 4 is 12.2 Å². The van der Waals surface area contributed by atoms with Gasteiger partial charge in [-0.3, -0.25) is 0 Å². The van der Waals surface area contributed by atoms with Crippen molar-refractivity contribution in [2.24, 2.45) is 0 Å². The van der Waals surface area contributed by atoms with Gasteiger partial charge in [-0.15, -0.1) is 0 Å². The first-order valence-corrected chi connectivity index (χ1v) is 10.2. The van der Waals surface area contributed by atoms with E-state index in [0.717, 1.165) is 36.4 Å². The molecule has 3 rings (SSSR count). The van der Waals surface area contributed by atoms with E-state index in [2.05, 4.69) is 47.2 Å². The van der Waals surface area contributed by atoms with Crippen molar-refractivity contribution < 1.29 is 9.47 Å². The summed E-state index contributed by atoms with van der Waals surface area (Å²) in [4.78, 5) is 4.95. The second-order valence-electron chi connectivity index (χ2n) is 7.32. The summed E-state index contributed by atoms with van der Waals surface area (Å²) in [5, 5.41) is 0. The van der Waals surface area contributed by atoms with Crippen LogP contribution in [0.15, 0.2) is 48.5 Å². The average Bonchev–Trinajstić information content (AvgIpc) is 2.74. The Morgan fingerprint density at radius 2 is 1.68 bits per heavy atom. The molecule has 1 aliphatic rings. The van der Waals surface area contributed by atoms with Gasteiger partial charge in [0.15, 0.2) is 11.5 Å². The molecule has 2 aromatic carbocycles. The highest BCUT2D eigenvalue weighted by atomic mass is 16.5. The number of ether oxygens (including phenoxy) is 2. The topological polar surface area (TPSA) is 24.9 Å². The lowest BCUT2D eigenvalue weighted by molar-refractivity contribution is 0.149. The lowest BCUT2D eigenvalue weighted by atomic mass is 10.1. The third-order valence-corrected chi connectivity index (χ3v) is 5.20. The monoisotopic (exact) mass is 380 g/mol. The molecule has 0 spiro atoms. The smallest absolute Gasteiger partial charge is 0.168 e. The molecular weight excluding hydrogens is 348 g/mol. The van der Waals surface area contributed by atoms with E-state index in [0.29, 0.717) is 6.61 Å². The highest BCUT2D eigenvalue weighted by Crippen LogP contribution is 2.32. The molecule has 4 heteroatoms. The van der Waals surface area contributed by atoms with Crippen molar-refractivity contribution in [3.8, 4) is 11.5 Å². The van der Waals surface area contributed by atoms with Gasteiger partial charge in [-0.05, 0) is 38.1 Å². The Morgan fingerprint density at radius 3 is 2.43 bits per heavy atom. The van der Waals surface area contributed by atoms with E-state index < -0.39 is 0 Å². The van der Waals surface area contributed by atoms with Gasteiger partial charge in [-0.1, -0.05) is 54.6 Å². The first kappa shape index (κ1) is 20.4. The number of nitrogens with zero attached hydrogens (tertiary/aromatic N) is 2. The Hall–Kier alpha value is -2.30. The van der Waals surface area contributed by atoms with E-state index in [1.54, 1.807) is 7.11 Å². The van der Waals surface area contributed by atoms with Crippen LogP contribution in [0.4, 0.5) is 0 Å². The van der Waals surface area contributed by atoms with Crippen LogP contribution in [0.3, 0.4) is 0 Å². The molecule has 28 heavy (non-hydrogen) atoms. The molecule has 1 heterocycles. The molecule has 0 N–H and O–H groups in total. The molecule has 150 valence electrons. The van der Waals surface area contributed by atoms with Crippen LogP contribution in [-0.2, 0) is 0 Å². The minimum Gasteiger partial charge on any atom is -0.493 e. The summed E-state index contributed by atoms with van der Waals surface area (Å²) >= 11 is 0. The maximum atomic E-state index is 6.15. The van der Waals surface area contributed by atoms with E-state index in [-0.39, 0.29) is 0 Å². The van der Waals surface area contributed by atoms with Gasteiger partial charge in [0.2, 0.25) is 0 Å². The molecular formula is C24H32N2O2. The number of piperazine rings is 1. The van der Waals surface area contributed by atoms with Crippen LogP contribution in [0.25, 0.3) is 12.2 Å². The number of rotatable bonds is 9. The SMILES string of the molecule is COc1cccc(/C=C/c2ccccc2)c1OCCCCN1CCN(C)CC1. The van der Waals surface area contributed by atoms with Crippen molar-refractivity contribution in [1.29, 1.82) is 0 Å². The van der Waals surface area contributed by atoms with Crippen LogP contribution in [0.5, 0.6) is 11.5 Å². The molecule has 0 saturated carbocycles. The normalized spacial score (nSPS) is 15.8. The fourth-order valence-electron chi connectivity index (χ4n) is 3.41. The van der Waals surface area contributed by atoms with Crippen molar-refractivity contribution in [2.75, 3.05) is 53.5 Å². The Balaban J connectivity index is 1.53. The Kier molecular flexibility index (Phi) is 7.94. The first-order valence-electron chi connectivity index (χ1n) is 10.2. The van der Waals surface area contributed by atoms with Gasteiger partial charge < -0.3 is 19.3 Å². The van der Waals surface area contributed by atoms with Crippen LogP contribution in [-0.4, -0.2) is 63.3 Å². The second-order valence-corrected chi connectivity index (χ2v) is 7.32. The van der Waals surface area contributed by atoms with Gasteiger partial charge >= 0.3 is 0 Å². The molecule has 1 fully saturated rings. The summed E-state index contributed by atoms with van der Waals surface area (Å²) in [5.74, 6) is 1.62. The molecule has 4 nitrogen and oxygen atoms in total. The number of benzene rings is 2. The number of hydrogen-bond acceptors (Lipinski definition) is 4. The predicted molar refractivity (Wildman–Crippen MR) is 117 cm³/mol. The van der Waals surface area contributed by atoms with E-state index in [9.17, 15) is 0 Å². The zero-order valence-corrected chi connectivity index (χ0v) is 17.1. The van der Waals surface area contributed by atoms with Crippen LogP contribution in [0, 0.1) is 0 Å². The fraction of sp³-hybridized carbons (Fsp3) is 0.417. The van der Waals surface area contributed by atoms with Gasteiger partial charge in [-0.2, -0.15) is 0 Å². The lowest BCUT2D eigenvalue weighted by Crippen LogP contribution is -2.44. The zero-order valence-electron chi connectivity index (χ0n) is 17.1. The van der Waals surface area contributed by atoms with Crippen molar-refractivity contribution in [2.45, 2.75) is 12.8 Å². The van der Waals surface area contributed by atoms with Gasteiger partial charge in [0.25, 0.3) is 0 Å². The second kappa shape index (κ2) is 10.9. The largest absolute Gasteiger partial charge is 0.493 e. The zero-order chi connectivity index (χ0) is 19.6. The summed E-state index contributed by atoms with van der Waals surface area (Å²) in [6.45, 7) is 6.57. The van der Waals surface area contributed by atoms with Gasteiger partial charge in [0.05, 0.1) is 13.7 Å². The van der Waals surface area contributed by atoms with E-state index >= 15 is 0 Å². The van der Waals surface area contributed by atoms with Crippen molar-refractivity contribution in [1.82, 2.24) is 9.80 Å². The minimum atomic E-state index is 0.709. The number of methoxy groups -OCH3 is 1. The Labute approximate surface area is 169 Å². The summed E-state index contributed by atoms with van der Waals surface area (Å²) in [7, 11) is 3.89. The highest BCUT2D eigenvalue weighted by Gasteiger charge is 2.13. The highest BCUT2D eigenvalue weighted by molar-refractivity contribution is 5.74. The van der Waals surface area contributed by atoms with E-state index in [1.807, 2.05) is 30.3 Å². The lowest BCUT2D eigenvalue weighted by Gasteiger charge is -2.32. The minimum absolute atomic E-state index is 0.709. The molecule has 0 radical (unpaired) electrons. The van der Waals surface area contributed by atoms with Crippen LogP contribution < -0.4 is 9.47 Å².